The van der Waals surface area contributed by atoms with Crippen LogP contribution in [0.2, 0.25) is 0 Å². The third-order valence-corrected chi connectivity index (χ3v) is 2.46. The van der Waals surface area contributed by atoms with Gasteiger partial charge in [0.15, 0.2) is 11.4 Å². The molecule has 0 atom stereocenters. The summed E-state index contributed by atoms with van der Waals surface area (Å²) in [6, 6.07) is 7.76. The average molecular weight is 296 g/mol. The molecule has 90 valence electrons. The molecule has 0 fully saturated rings. The molecule has 1 aromatic carbocycles. The number of nitrogens with zero attached hydrogens (tertiary/aromatic N) is 2. The van der Waals surface area contributed by atoms with Crippen molar-refractivity contribution in [1.29, 1.82) is 5.26 Å². The van der Waals surface area contributed by atoms with Gasteiger partial charge in [0.2, 0.25) is 0 Å². The van der Waals surface area contributed by atoms with E-state index in [0.717, 1.165) is 15.4 Å². The van der Waals surface area contributed by atoms with Crippen molar-refractivity contribution in [3.63, 3.8) is 0 Å². The second kappa shape index (κ2) is 6.92. The highest BCUT2D eigenvalue weighted by Crippen LogP contribution is 2.25. The Morgan fingerprint density at radius 1 is 1.47 bits per heavy atom. The van der Waals surface area contributed by atoms with Gasteiger partial charge in [0.25, 0.3) is 0 Å². The van der Waals surface area contributed by atoms with E-state index in [1.54, 1.807) is 0 Å². The van der Waals surface area contributed by atoms with Crippen molar-refractivity contribution >= 4 is 32.7 Å². The van der Waals surface area contributed by atoms with Gasteiger partial charge in [0.1, 0.15) is 0 Å². The van der Waals surface area contributed by atoms with Crippen LogP contribution in [0, 0.1) is 11.3 Å². The number of fused-ring (bicyclic) bond motifs is 1. The fourth-order valence-electron chi connectivity index (χ4n) is 1.28. The van der Waals surface area contributed by atoms with Crippen LogP contribution in [-0.2, 0) is 0 Å². The molecule has 2 aromatic rings. The van der Waals surface area contributed by atoms with Crippen molar-refractivity contribution in [3.8, 4) is 6.07 Å². The highest BCUT2D eigenvalue weighted by Gasteiger charge is 2.06. The molecule has 1 aromatic heterocycles. The molecule has 0 unspecified atom stereocenters. The van der Waals surface area contributed by atoms with Crippen LogP contribution in [0.25, 0.3) is 11.0 Å². The van der Waals surface area contributed by atoms with E-state index in [9.17, 15) is 0 Å². The molecular formula is C12H14BrN3O. The molecule has 5 heteroatoms. The summed E-state index contributed by atoms with van der Waals surface area (Å²) in [5.41, 5.74) is 0.726. The molecule has 0 bridgehead atoms. The average Bonchev–Trinajstić information content (AvgIpc) is 2.75. The maximum Gasteiger partial charge on any atom is 0.177 e. The van der Waals surface area contributed by atoms with Crippen molar-refractivity contribution in [2.75, 3.05) is 11.9 Å². The zero-order valence-corrected chi connectivity index (χ0v) is 11.4. The second-order valence-electron chi connectivity index (χ2n) is 3.01. The number of anilines is 1. The minimum absolute atomic E-state index is 0.449. The van der Waals surface area contributed by atoms with Gasteiger partial charge in [0, 0.05) is 11.0 Å². The molecule has 0 amide bonds. The first-order valence-corrected chi connectivity index (χ1v) is 6.26. The maximum absolute atomic E-state index is 8.40. The Morgan fingerprint density at radius 3 is 2.94 bits per heavy atom. The second-order valence-corrected chi connectivity index (χ2v) is 3.92. The lowest BCUT2D eigenvalue weighted by Gasteiger charge is -1.97. The zero-order valence-electron chi connectivity index (χ0n) is 9.83. The fourth-order valence-corrected chi connectivity index (χ4v) is 1.62. The van der Waals surface area contributed by atoms with Crippen LogP contribution in [0.4, 0.5) is 5.82 Å². The van der Waals surface area contributed by atoms with E-state index in [1.807, 2.05) is 32.0 Å². The number of halogens is 1. The van der Waals surface area contributed by atoms with E-state index in [1.165, 1.54) is 0 Å². The first-order chi connectivity index (χ1) is 8.31. The Bertz CT molecular complexity index is 516. The summed E-state index contributed by atoms with van der Waals surface area (Å²) in [5.74, 6) is 0.688. The SMILES string of the molecule is CC.N#CCCNc1noc2cc(Br)ccc12. The monoisotopic (exact) mass is 295 g/mol. The van der Waals surface area contributed by atoms with Crippen LogP contribution >= 0.6 is 15.9 Å². The molecule has 0 aliphatic rings. The molecule has 0 aliphatic carbocycles. The molecule has 0 saturated heterocycles. The standard InChI is InChI=1S/C10H8BrN3O.C2H6/c11-7-2-3-8-9(6-7)15-14-10(8)13-5-1-4-12;1-2/h2-3,6H,1,5H2,(H,13,14);1-2H3. The van der Waals surface area contributed by atoms with Crippen molar-refractivity contribution in [1.82, 2.24) is 5.16 Å². The third kappa shape index (κ3) is 3.46. The van der Waals surface area contributed by atoms with Gasteiger partial charge >= 0.3 is 0 Å². The van der Waals surface area contributed by atoms with Gasteiger partial charge in [0.05, 0.1) is 17.9 Å². The Morgan fingerprint density at radius 2 is 2.24 bits per heavy atom. The highest BCUT2D eigenvalue weighted by atomic mass is 79.9. The van der Waals surface area contributed by atoms with Gasteiger partial charge < -0.3 is 9.84 Å². The van der Waals surface area contributed by atoms with Crippen molar-refractivity contribution in [2.24, 2.45) is 0 Å². The quantitative estimate of drug-likeness (QED) is 0.871. The van der Waals surface area contributed by atoms with Crippen LogP contribution in [0.15, 0.2) is 27.2 Å². The number of nitrogens with one attached hydrogen (secondary N) is 1. The van der Waals surface area contributed by atoms with Crippen LogP contribution in [-0.4, -0.2) is 11.7 Å². The molecule has 0 radical (unpaired) electrons. The van der Waals surface area contributed by atoms with Crippen LogP contribution in [0.1, 0.15) is 20.3 Å². The maximum atomic E-state index is 8.40. The van der Waals surface area contributed by atoms with E-state index >= 15 is 0 Å². The van der Waals surface area contributed by atoms with E-state index in [-0.39, 0.29) is 0 Å². The Kier molecular flexibility index (Phi) is 5.50. The van der Waals surface area contributed by atoms with Crippen LogP contribution < -0.4 is 5.32 Å². The first kappa shape index (κ1) is 13.5. The van der Waals surface area contributed by atoms with E-state index in [4.69, 9.17) is 9.78 Å². The normalized spacial score (nSPS) is 9.29. The predicted molar refractivity (Wildman–Crippen MR) is 71.8 cm³/mol. The van der Waals surface area contributed by atoms with Crippen molar-refractivity contribution in [3.05, 3.63) is 22.7 Å². The molecule has 1 heterocycles. The van der Waals surface area contributed by atoms with Gasteiger partial charge in [-0.05, 0) is 18.2 Å². The van der Waals surface area contributed by atoms with E-state index in [2.05, 4.69) is 32.5 Å². The highest BCUT2D eigenvalue weighted by molar-refractivity contribution is 9.10. The van der Waals surface area contributed by atoms with Crippen LogP contribution in [0.3, 0.4) is 0 Å². The number of rotatable bonds is 3. The number of nitriles is 1. The predicted octanol–water partition coefficient (Wildman–Crippen LogP) is 3.94. The smallest absolute Gasteiger partial charge is 0.177 e. The molecule has 0 aliphatic heterocycles. The summed E-state index contributed by atoms with van der Waals surface area (Å²) in [6.45, 7) is 4.58. The lowest BCUT2D eigenvalue weighted by Crippen LogP contribution is -2.00. The summed E-state index contributed by atoms with van der Waals surface area (Å²) in [6.07, 6.45) is 0.449. The lowest BCUT2D eigenvalue weighted by molar-refractivity contribution is 0.459. The number of hydrogen-bond donors (Lipinski definition) is 1. The van der Waals surface area contributed by atoms with Gasteiger partial charge in [-0.15, -0.1) is 0 Å². The Labute approximate surface area is 109 Å². The summed E-state index contributed by atoms with van der Waals surface area (Å²) < 4.78 is 6.09. The van der Waals surface area contributed by atoms with Gasteiger partial charge in [-0.1, -0.05) is 34.9 Å². The Hall–Kier alpha value is -1.54. The van der Waals surface area contributed by atoms with Crippen molar-refractivity contribution < 1.29 is 4.52 Å². The number of benzene rings is 1. The van der Waals surface area contributed by atoms with Crippen molar-refractivity contribution in [2.45, 2.75) is 20.3 Å². The van der Waals surface area contributed by atoms with Gasteiger partial charge in [-0.25, -0.2) is 0 Å². The third-order valence-electron chi connectivity index (χ3n) is 1.96. The topological polar surface area (TPSA) is 61.9 Å². The summed E-state index contributed by atoms with van der Waals surface area (Å²) in [5, 5.41) is 16.3. The number of hydrogen-bond acceptors (Lipinski definition) is 4. The first-order valence-electron chi connectivity index (χ1n) is 5.47. The minimum atomic E-state index is 0.449. The number of aromatic nitrogens is 1. The zero-order chi connectivity index (χ0) is 12.7. The Balaban J connectivity index is 0.000000686. The minimum Gasteiger partial charge on any atom is -0.366 e. The molecule has 2 rings (SSSR count). The largest absolute Gasteiger partial charge is 0.366 e. The molecule has 0 saturated carbocycles. The summed E-state index contributed by atoms with van der Waals surface area (Å²) in [7, 11) is 0. The molecule has 0 spiro atoms. The molecular weight excluding hydrogens is 282 g/mol. The summed E-state index contributed by atoms with van der Waals surface area (Å²) >= 11 is 3.35. The lowest BCUT2D eigenvalue weighted by atomic mass is 10.2. The van der Waals surface area contributed by atoms with E-state index < -0.39 is 0 Å². The molecule has 17 heavy (non-hydrogen) atoms. The fraction of sp³-hybridized carbons (Fsp3) is 0.333. The van der Waals surface area contributed by atoms with Gasteiger partial charge in [-0.2, -0.15) is 5.26 Å². The van der Waals surface area contributed by atoms with E-state index in [0.29, 0.717) is 18.8 Å². The van der Waals surface area contributed by atoms with Crippen LogP contribution in [0.5, 0.6) is 0 Å². The molecule has 1 N–H and O–H groups in total. The molecule has 4 nitrogen and oxygen atoms in total. The van der Waals surface area contributed by atoms with Gasteiger partial charge in [-0.3, -0.25) is 0 Å². The summed E-state index contributed by atoms with van der Waals surface area (Å²) in [4.78, 5) is 0.